The van der Waals surface area contributed by atoms with Crippen molar-refractivity contribution in [3.05, 3.63) is 46.3 Å². The van der Waals surface area contributed by atoms with E-state index in [2.05, 4.69) is 28.5 Å². The summed E-state index contributed by atoms with van der Waals surface area (Å²) in [5.74, 6) is -1.04. The molecule has 1 heterocycles. The van der Waals surface area contributed by atoms with Crippen LogP contribution in [-0.4, -0.2) is 26.1 Å². The van der Waals surface area contributed by atoms with Gasteiger partial charge in [-0.15, -0.1) is 5.10 Å². The third-order valence-corrected chi connectivity index (χ3v) is 3.26. The Morgan fingerprint density at radius 1 is 1.19 bits per heavy atom. The molecule has 112 valence electrons. The molecule has 0 aliphatic rings. The topological polar surface area (TPSA) is 68.0 Å². The minimum atomic E-state index is -1.04. The highest BCUT2D eigenvalue weighted by atomic mass is 16.4. The lowest BCUT2D eigenvalue weighted by molar-refractivity contribution is 0.0687. The number of carboxylic acid groups (broad SMARTS) is 1. The van der Waals surface area contributed by atoms with Crippen LogP contribution in [0.3, 0.4) is 0 Å². The van der Waals surface area contributed by atoms with Crippen molar-refractivity contribution in [1.82, 2.24) is 15.0 Å². The van der Waals surface area contributed by atoms with Gasteiger partial charge in [-0.25, -0.2) is 9.48 Å². The normalized spacial score (nSPS) is 11.7. The Labute approximate surface area is 124 Å². The van der Waals surface area contributed by atoms with Crippen LogP contribution in [0.4, 0.5) is 0 Å². The van der Waals surface area contributed by atoms with Crippen LogP contribution in [0, 0.1) is 13.8 Å². The number of hydrogen-bond donors (Lipinski definition) is 1. The van der Waals surface area contributed by atoms with E-state index >= 15 is 0 Å². The number of hydrogen-bond acceptors (Lipinski definition) is 3. The lowest BCUT2D eigenvalue weighted by Crippen LogP contribution is -2.22. The van der Waals surface area contributed by atoms with Gasteiger partial charge in [0.05, 0.1) is 12.2 Å². The quantitative estimate of drug-likeness (QED) is 0.942. The molecule has 0 spiro atoms. The van der Waals surface area contributed by atoms with Gasteiger partial charge in [-0.1, -0.05) is 55.3 Å². The Bertz CT molecular complexity index is 661. The monoisotopic (exact) mass is 287 g/mol. The van der Waals surface area contributed by atoms with Gasteiger partial charge in [0, 0.05) is 5.41 Å². The van der Waals surface area contributed by atoms with Crippen LogP contribution in [0.5, 0.6) is 0 Å². The first kappa shape index (κ1) is 15.2. The highest BCUT2D eigenvalue weighted by Crippen LogP contribution is 2.25. The molecule has 0 aliphatic heterocycles. The smallest absolute Gasteiger partial charge is 0.358 e. The third kappa shape index (κ3) is 3.29. The van der Waals surface area contributed by atoms with E-state index in [1.165, 1.54) is 11.1 Å². The zero-order chi connectivity index (χ0) is 15.8. The van der Waals surface area contributed by atoms with Gasteiger partial charge in [-0.2, -0.15) is 0 Å². The van der Waals surface area contributed by atoms with Gasteiger partial charge < -0.3 is 5.11 Å². The van der Waals surface area contributed by atoms with Gasteiger partial charge in [0.2, 0.25) is 0 Å². The molecule has 0 saturated heterocycles. The average Bonchev–Trinajstić information content (AvgIpc) is 2.70. The zero-order valence-corrected chi connectivity index (χ0v) is 13.1. The molecule has 2 aromatic rings. The summed E-state index contributed by atoms with van der Waals surface area (Å²) in [6.07, 6.45) is 0. The molecule has 0 amide bonds. The van der Waals surface area contributed by atoms with Crippen molar-refractivity contribution in [2.75, 3.05) is 0 Å². The van der Waals surface area contributed by atoms with Gasteiger partial charge >= 0.3 is 5.97 Å². The first-order valence-electron chi connectivity index (χ1n) is 6.93. The molecule has 0 radical (unpaired) electrons. The predicted octanol–water partition coefficient (Wildman–Crippen LogP) is 2.94. The van der Waals surface area contributed by atoms with E-state index < -0.39 is 5.97 Å². The summed E-state index contributed by atoms with van der Waals surface area (Å²) in [7, 11) is 0. The highest BCUT2D eigenvalue weighted by Gasteiger charge is 2.28. The molecule has 0 bridgehead atoms. The maximum Gasteiger partial charge on any atom is 0.358 e. The fraction of sp³-hybridized carbons (Fsp3) is 0.438. The van der Waals surface area contributed by atoms with Gasteiger partial charge in [0.15, 0.2) is 5.69 Å². The van der Waals surface area contributed by atoms with Crippen molar-refractivity contribution < 1.29 is 9.90 Å². The summed E-state index contributed by atoms with van der Waals surface area (Å²) in [5.41, 5.74) is 3.80. The average molecular weight is 287 g/mol. The van der Waals surface area contributed by atoms with Crippen LogP contribution in [0.2, 0.25) is 0 Å². The van der Waals surface area contributed by atoms with Crippen molar-refractivity contribution in [2.45, 2.75) is 46.6 Å². The standard InChI is InChI=1S/C16H21N3O2/c1-10-6-11(2)8-12(7-10)9-19-14(16(3,4)5)13(15(20)21)17-18-19/h6-8H,9H2,1-5H3,(H,20,21). The van der Waals surface area contributed by atoms with Crippen molar-refractivity contribution in [1.29, 1.82) is 0 Å². The lowest BCUT2D eigenvalue weighted by atomic mass is 9.90. The zero-order valence-electron chi connectivity index (χ0n) is 13.1. The molecular weight excluding hydrogens is 266 g/mol. The highest BCUT2D eigenvalue weighted by molar-refractivity contribution is 5.86. The summed E-state index contributed by atoms with van der Waals surface area (Å²) in [6, 6.07) is 6.28. The number of rotatable bonds is 3. The molecule has 0 fully saturated rings. The Kier molecular flexibility index (Phi) is 3.85. The molecule has 5 nitrogen and oxygen atoms in total. The van der Waals surface area contributed by atoms with E-state index in [0.717, 1.165) is 5.56 Å². The number of carboxylic acids is 1. The Balaban J connectivity index is 2.47. The molecule has 21 heavy (non-hydrogen) atoms. The molecule has 1 aromatic heterocycles. The SMILES string of the molecule is Cc1cc(C)cc(Cn2nnc(C(=O)O)c2C(C)(C)C)c1. The number of benzene rings is 1. The first-order chi connectivity index (χ1) is 9.68. The van der Waals surface area contributed by atoms with E-state index in [-0.39, 0.29) is 11.1 Å². The molecule has 0 aliphatic carbocycles. The van der Waals surface area contributed by atoms with Crippen molar-refractivity contribution >= 4 is 5.97 Å². The van der Waals surface area contributed by atoms with E-state index in [1.807, 2.05) is 34.6 Å². The van der Waals surface area contributed by atoms with Crippen LogP contribution < -0.4 is 0 Å². The number of nitrogens with zero attached hydrogens (tertiary/aromatic N) is 3. The van der Waals surface area contributed by atoms with Crippen LogP contribution in [0.15, 0.2) is 18.2 Å². The molecule has 1 N–H and O–H groups in total. The molecule has 0 unspecified atom stereocenters. The van der Waals surface area contributed by atoms with E-state index in [1.54, 1.807) is 4.68 Å². The van der Waals surface area contributed by atoms with Crippen molar-refractivity contribution in [2.24, 2.45) is 0 Å². The second kappa shape index (κ2) is 5.31. The van der Waals surface area contributed by atoms with Gasteiger partial charge in [0.1, 0.15) is 0 Å². The summed E-state index contributed by atoms with van der Waals surface area (Å²) in [4.78, 5) is 11.3. The van der Waals surface area contributed by atoms with E-state index in [0.29, 0.717) is 12.2 Å². The Hall–Kier alpha value is -2.17. The number of aryl methyl sites for hydroxylation is 2. The predicted molar refractivity (Wildman–Crippen MR) is 80.7 cm³/mol. The minimum absolute atomic E-state index is 0.0341. The van der Waals surface area contributed by atoms with E-state index in [9.17, 15) is 9.90 Å². The second-order valence-corrected chi connectivity index (χ2v) is 6.50. The molecule has 0 saturated carbocycles. The molecular formula is C16H21N3O2. The lowest BCUT2D eigenvalue weighted by Gasteiger charge is -2.20. The molecule has 5 heteroatoms. The summed E-state index contributed by atoms with van der Waals surface area (Å²) >= 11 is 0. The fourth-order valence-corrected chi connectivity index (χ4v) is 2.64. The Morgan fingerprint density at radius 3 is 2.24 bits per heavy atom. The van der Waals surface area contributed by atoms with Crippen LogP contribution in [0.1, 0.15) is 53.6 Å². The van der Waals surface area contributed by atoms with Crippen LogP contribution in [-0.2, 0) is 12.0 Å². The molecule has 1 aromatic carbocycles. The summed E-state index contributed by atoms with van der Waals surface area (Å²) in [5, 5.41) is 17.2. The maximum absolute atomic E-state index is 11.3. The Morgan fingerprint density at radius 2 is 1.76 bits per heavy atom. The number of aromatic carboxylic acids is 1. The molecule has 0 atom stereocenters. The summed E-state index contributed by atoms with van der Waals surface area (Å²) in [6.45, 7) is 10.5. The minimum Gasteiger partial charge on any atom is -0.476 e. The maximum atomic E-state index is 11.3. The fourth-order valence-electron chi connectivity index (χ4n) is 2.64. The first-order valence-corrected chi connectivity index (χ1v) is 6.93. The summed E-state index contributed by atoms with van der Waals surface area (Å²) < 4.78 is 1.69. The van der Waals surface area contributed by atoms with Gasteiger partial charge in [-0.3, -0.25) is 0 Å². The van der Waals surface area contributed by atoms with Crippen molar-refractivity contribution in [3.63, 3.8) is 0 Å². The second-order valence-electron chi connectivity index (χ2n) is 6.50. The largest absolute Gasteiger partial charge is 0.476 e. The van der Waals surface area contributed by atoms with Gasteiger partial charge in [-0.05, 0) is 19.4 Å². The molecule has 2 rings (SSSR count). The number of carbonyl (C=O) groups is 1. The number of aromatic nitrogens is 3. The van der Waals surface area contributed by atoms with Crippen LogP contribution >= 0.6 is 0 Å². The third-order valence-electron chi connectivity index (χ3n) is 3.26. The van der Waals surface area contributed by atoms with Gasteiger partial charge in [0.25, 0.3) is 0 Å². The van der Waals surface area contributed by atoms with Crippen LogP contribution in [0.25, 0.3) is 0 Å². The van der Waals surface area contributed by atoms with E-state index in [4.69, 9.17) is 0 Å². The van der Waals surface area contributed by atoms with Crippen molar-refractivity contribution in [3.8, 4) is 0 Å².